The molecule has 3 fully saturated rings. The third kappa shape index (κ3) is 2.79. The van der Waals surface area contributed by atoms with Crippen molar-refractivity contribution in [2.75, 3.05) is 26.2 Å². The Balaban J connectivity index is 1.60. The summed E-state index contributed by atoms with van der Waals surface area (Å²) in [5, 5.41) is 9.24. The Morgan fingerprint density at radius 2 is 1.79 bits per heavy atom. The molecule has 3 aliphatic rings. The van der Waals surface area contributed by atoms with Gasteiger partial charge in [0.15, 0.2) is 0 Å². The van der Waals surface area contributed by atoms with Crippen LogP contribution in [0.2, 0.25) is 0 Å². The van der Waals surface area contributed by atoms with Gasteiger partial charge in [-0.25, -0.2) is 0 Å². The SMILES string of the molecule is O=C1CC(CO)CN1C1CCCN(C2CCCC2)C1. The number of hydrogen-bond donors (Lipinski definition) is 1. The van der Waals surface area contributed by atoms with Crippen LogP contribution in [0.1, 0.15) is 44.9 Å². The molecule has 0 spiro atoms. The molecule has 4 heteroatoms. The topological polar surface area (TPSA) is 43.8 Å². The van der Waals surface area contributed by atoms with E-state index in [-0.39, 0.29) is 18.4 Å². The number of aliphatic hydroxyl groups excluding tert-OH is 1. The maximum atomic E-state index is 12.1. The number of carbonyl (C=O) groups is 1. The highest BCUT2D eigenvalue weighted by molar-refractivity contribution is 5.79. The molecule has 3 rings (SSSR count). The van der Waals surface area contributed by atoms with Crippen molar-refractivity contribution in [1.29, 1.82) is 0 Å². The Labute approximate surface area is 115 Å². The number of carbonyl (C=O) groups excluding carboxylic acids is 1. The number of rotatable bonds is 3. The molecule has 108 valence electrons. The van der Waals surface area contributed by atoms with E-state index in [0.29, 0.717) is 12.5 Å². The van der Waals surface area contributed by atoms with Crippen molar-refractivity contribution in [3.05, 3.63) is 0 Å². The lowest BCUT2D eigenvalue weighted by molar-refractivity contribution is -0.130. The van der Waals surface area contributed by atoms with E-state index >= 15 is 0 Å². The zero-order chi connectivity index (χ0) is 13.2. The summed E-state index contributed by atoms with van der Waals surface area (Å²) in [4.78, 5) is 16.8. The number of likely N-dealkylation sites (tertiary alicyclic amines) is 2. The van der Waals surface area contributed by atoms with Crippen molar-refractivity contribution >= 4 is 5.91 Å². The Hall–Kier alpha value is -0.610. The first-order valence-electron chi connectivity index (χ1n) is 7.92. The van der Waals surface area contributed by atoms with Gasteiger partial charge in [-0.15, -0.1) is 0 Å². The average molecular weight is 266 g/mol. The molecule has 2 aliphatic heterocycles. The van der Waals surface area contributed by atoms with E-state index in [4.69, 9.17) is 0 Å². The van der Waals surface area contributed by atoms with Crippen molar-refractivity contribution in [2.45, 2.75) is 57.0 Å². The molecule has 0 aromatic carbocycles. The number of amides is 1. The minimum Gasteiger partial charge on any atom is -0.396 e. The van der Waals surface area contributed by atoms with Crippen molar-refractivity contribution in [1.82, 2.24) is 9.80 Å². The fourth-order valence-corrected chi connectivity index (χ4v) is 4.12. The Morgan fingerprint density at radius 1 is 1.05 bits per heavy atom. The van der Waals surface area contributed by atoms with Gasteiger partial charge in [-0.05, 0) is 32.2 Å². The molecule has 0 aromatic rings. The molecule has 1 saturated carbocycles. The maximum absolute atomic E-state index is 12.1. The van der Waals surface area contributed by atoms with Gasteiger partial charge in [-0.2, -0.15) is 0 Å². The fourth-order valence-electron chi connectivity index (χ4n) is 4.12. The number of hydrogen-bond acceptors (Lipinski definition) is 3. The van der Waals surface area contributed by atoms with Crippen molar-refractivity contribution in [3.63, 3.8) is 0 Å². The summed E-state index contributed by atoms with van der Waals surface area (Å²) in [5.74, 6) is 0.437. The first-order chi connectivity index (χ1) is 9.28. The van der Waals surface area contributed by atoms with E-state index in [2.05, 4.69) is 9.80 Å². The van der Waals surface area contributed by atoms with Gasteiger partial charge >= 0.3 is 0 Å². The standard InChI is InChI=1S/C15H26N2O2/c18-11-12-8-15(19)17(9-12)14-6-3-7-16(10-14)13-4-1-2-5-13/h12-14,18H,1-11H2. The largest absolute Gasteiger partial charge is 0.396 e. The van der Waals surface area contributed by atoms with Crippen molar-refractivity contribution in [3.8, 4) is 0 Å². The second-order valence-electron chi connectivity index (χ2n) is 6.53. The molecule has 4 nitrogen and oxygen atoms in total. The summed E-state index contributed by atoms with van der Waals surface area (Å²) in [6.45, 7) is 3.21. The summed E-state index contributed by atoms with van der Waals surface area (Å²) in [6.07, 6.45) is 8.36. The average Bonchev–Trinajstić information content (AvgIpc) is 3.08. The van der Waals surface area contributed by atoms with Crippen LogP contribution < -0.4 is 0 Å². The minimum absolute atomic E-state index is 0.154. The molecule has 1 aliphatic carbocycles. The Bertz CT molecular complexity index is 328. The van der Waals surface area contributed by atoms with E-state index in [1.165, 1.54) is 38.6 Å². The van der Waals surface area contributed by atoms with Crippen molar-refractivity contribution in [2.24, 2.45) is 5.92 Å². The van der Waals surface area contributed by atoms with Gasteiger partial charge < -0.3 is 10.0 Å². The molecule has 2 saturated heterocycles. The van der Waals surface area contributed by atoms with Gasteiger partial charge in [0.1, 0.15) is 0 Å². The molecule has 1 N–H and O–H groups in total. The summed E-state index contributed by atoms with van der Waals surface area (Å²) in [6, 6.07) is 1.17. The Kier molecular flexibility index (Phi) is 4.08. The third-order valence-corrected chi connectivity index (χ3v) is 5.21. The number of nitrogens with zero attached hydrogens (tertiary/aromatic N) is 2. The molecule has 0 aromatic heterocycles. The molecule has 2 heterocycles. The van der Waals surface area contributed by atoms with Crippen LogP contribution >= 0.6 is 0 Å². The predicted molar refractivity (Wildman–Crippen MR) is 73.8 cm³/mol. The third-order valence-electron chi connectivity index (χ3n) is 5.21. The molecule has 0 radical (unpaired) electrons. The lowest BCUT2D eigenvalue weighted by Crippen LogP contribution is -2.51. The van der Waals surface area contributed by atoms with Crippen LogP contribution in [-0.2, 0) is 4.79 Å². The van der Waals surface area contributed by atoms with Crippen LogP contribution in [0.5, 0.6) is 0 Å². The van der Waals surface area contributed by atoms with E-state index in [9.17, 15) is 9.90 Å². The minimum atomic E-state index is 0.154. The second kappa shape index (κ2) is 5.80. The number of piperidine rings is 1. The molecule has 2 atom stereocenters. The molecule has 1 amide bonds. The van der Waals surface area contributed by atoms with Crippen LogP contribution in [0.4, 0.5) is 0 Å². The van der Waals surface area contributed by atoms with Gasteiger partial charge in [0, 0.05) is 44.1 Å². The first-order valence-corrected chi connectivity index (χ1v) is 7.92. The highest BCUT2D eigenvalue weighted by atomic mass is 16.3. The molecule has 0 bridgehead atoms. The van der Waals surface area contributed by atoms with E-state index in [1.54, 1.807) is 0 Å². The smallest absolute Gasteiger partial charge is 0.223 e. The van der Waals surface area contributed by atoms with Crippen LogP contribution in [0.3, 0.4) is 0 Å². The lowest BCUT2D eigenvalue weighted by atomic mass is 10.0. The molecular formula is C15H26N2O2. The highest BCUT2D eigenvalue weighted by Gasteiger charge is 2.37. The summed E-state index contributed by atoms with van der Waals surface area (Å²) in [5.41, 5.74) is 0. The van der Waals surface area contributed by atoms with Gasteiger partial charge in [0.05, 0.1) is 0 Å². The summed E-state index contributed by atoms with van der Waals surface area (Å²) in [7, 11) is 0. The van der Waals surface area contributed by atoms with Crippen LogP contribution in [0, 0.1) is 5.92 Å². The summed E-state index contributed by atoms with van der Waals surface area (Å²) >= 11 is 0. The van der Waals surface area contributed by atoms with Crippen molar-refractivity contribution < 1.29 is 9.90 Å². The number of aliphatic hydroxyl groups is 1. The molecule has 2 unspecified atom stereocenters. The first kappa shape index (κ1) is 13.4. The maximum Gasteiger partial charge on any atom is 0.223 e. The van der Waals surface area contributed by atoms with Gasteiger partial charge in [-0.3, -0.25) is 9.69 Å². The molecule has 19 heavy (non-hydrogen) atoms. The Morgan fingerprint density at radius 3 is 2.47 bits per heavy atom. The van der Waals surface area contributed by atoms with Crippen LogP contribution in [0.15, 0.2) is 0 Å². The molecular weight excluding hydrogens is 240 g/mol. The normalized spacial score (nSPS) is 34.4. The monoisotopic (exact) mass is 266 g/mol. The van der Waals surface area contributed by atoms with E-state index in [1.807, 2.05) is 0 Å². The van der Waals surface area contributed by atoms with Crippen LogP contribution in [0.25, 0.3) is 0 Å². The zero-order valence-corrected chi connectivity index (χ0v) is 11.8. The quantitative estimate of drug-likeness (QED) is 0.835. The zero-order valence-electron chi connectivity index (χ0n) is 11.8. The fraction of sp³-hybridized carbons (Fsp3) is 0.933. The predicted octanol–water partition coefficient (Wildman–Crippen LogP) is 1.23. The van der Waals surface area contributed by atoms with E-state index < -0.39 is 0 Å². The van der Waals surface area contributed by atoms with Gasteiger partial charge in [0.25, 0.3) is 0 Å². The lowest BCUT2D eigenvalue weighted by Gasteiger charge is -2.40. The van der Waals surface area contributed by atoms with E-state index in [0.717, 1.165) is 25.6 Å². The summed E-state index contributed by atoms with van der Waals surface area (Å²) < 4.78 is 0. The second-order valence-corrected chi connectivity index (χ2v) is 6.53. The van der Waals surface area contributed by atoms with Crippen LogP contribution in [-0.4, -0.2) is 59.1 Å². The highest BCUT2D eigenvalue weighted by Crippen LogP contribution is 2.29. The van der Waals surface area contributed by atoms with Gasteiger partial charge in [0.2, 0.25) is 5.91 Å². The van der Waals surface area contributed by atoms with Gasteiger partial charge in [-0.1, -0.05) is 12.8 Å².